The molecule has 118 valence electrons. The minimum atomic E-state index is 0.265. The molecule has 1 aliphatic heterocycles. The van der Waals surface area contributed by atoms with E-state index in [0.29, 0.717) is 0 Å². The van der Waals surface area contributed by atoms with Gasteiger partial charge in [-0.15, -0.1) is 0 Å². The number of pyridine rings is 1. The normalized spacial score (nSPS) is 18.7. The summed E-state index contributed by atoms with van der Waals surface area (Å²) in [5.41, 5.74) is 3.69. The zero-order valence-corrected chi connectivity index (χ0v) is 14.1. The van der Waals surface area contributed by atoms with Gasteiger partial charge in [0.2, 0.25) is 0 Å². The van der Waals surface area contributed by atoms with Gasteiger partial charge in [-0.1, -0.05) is 13.8 Å². The Balaban J connectivity index is 2.15. The van der Waals surface area contributed by atoms with E-state index in [1.54, 1.807) is 7.11 Å². The molecule has 0 atom stereocenters. The van der Waals surface area contributed by atoms with Gasteiger partial charge in [0.15, 0.2) is 0 Å². The molecule has 0 amide bonds. The third-order valence-corrected chi connectivity index (χ3v) is 4.93. The Morgan fingerprint density at radius 2 is 2.05 bits per heavy atom. The molecule has 0 saturated carbocycles. The summed E-state index contributed by atoms with van der Waals surface area (Å²) in [4.78, 5) is 7.16. The van der Waals surface area contributed by atoms with Crippen LogP contribution >= 0.6 is 0 Å². The highest BCUT2D eigenvalue weighted by molar-refractivity contribution is 5.41. The number of piperazine rings is 1. The van der Waals surface area contributed by atoms with Gasteiger partial charge in [0.05, 0.1) is 12.8 Å². The molecule has 2 heterocycles. The molecule has 0 radical (unpaired) electrons. The lowest BCUT2D eigenvalue weighted by atomic mass is 9.90. The van der Waals surface area contributed by atoms with E-state index in [1.807, 2.05) is 13.1 Å². The third-order valence-electron chi connectivity index (χ3n) is 4.93. The molecule has 1 fully saturated rings. The molecule has 0 bridgehead atoms. The molecule has 4 heteroatoms. The predicted octanol–water partition coefficient (Wildman–Crippen LogP) is 2.67. The maximum Gasteiger partial charge on any atom is 0.128 e. The van der Waals surface area contributed by atoms with Crippen LogP contribution in [0.25, 0.3) is 0 Å². The van der Waals surface area contributed by atoms with Crippen LogP contribution in [0.1, 0.15) is 43.5 Å². The number of hydrogen-bond acceptors (Lipinski definition) is 4. The highest BCUT2D eigenvalue weighted by atomic mass is 16.5. The molecular weight excluding hydrogens is 262 g/mol. The van der Waals surface area contributed by atoms with Crippen molar-refractivity contribution >= 4 is 0 Å². The van der Waals surface area contributed by atoms with Gasteiger partial charge >= 0.3 is 0 Å². The summed E-state index contributed by atoms with van der Waals surface area (Å²) in [6.45, 7) is 12.9. The fraction of sp³-hybridized carbons (Fsp3) is 0.706. The summed E-state index contributed by atoms with van der Waals surface area (Å²) in [7, 11) is 1.74. The number of nitrogens with zero attached hydrogens (tertiary/aromatic N) is 2. The molecular formula is C17H29N3O. The smallest absolute Gasteiger partial charge is 0.128 e. The van der Waals surface area contributed by atoms with Crippen LogP contribution in [0, 0.1) is 13.8 Å². The number of hydrogen-bond donors (Lipinski definition) is 1. The molecule has 0 unspecified atom stereocenters. The molecule has 1 saturated heterocycles. The number of rotatable bonds is 5. The number of ether oxygens (including phenoxy) is 1. The second-order valence-corrected chi connectivity index (χ2v) is 6.17. The Labute approximate surface area is 128 Å². The maximum atomic E-state index is 5.52. The minimum Gasteiger partial charge on any atom is -0.496 e. The SMILES string of the molecule is CCC1(CC)CN(Cc2ncc(C)c(OC)c2C)CCN1. The molecule has 21 heavy (non-hydrogen) atoms. The standard InChI is InChI=1S/C17H29N3O/c1-6-17(7-2)12-20(9-8-19-17)11-15-14(4)16(21-5)13(3)10-18-15/h10,19H,6-9,11-12H2,1-5H3. The van der Waals surface area contributed by atoms with Gasteiger partial charge in [-0.05, 0) is 26.7 Å². The largest absolute Gasteiger partial charge is 0.496 e. The number of nitrogens with one attached hydrogen (secondary N) is 1. The zero-order valence-electron chi connectivity index (χ0n) is 14.1. The molecule has 1 aromatic rings. The first-order valence-corrected chi connectivity index (χ1v) is 8.01. The lowest BCUT2D eigenvalue weighted by molar-refractivity contribution is 0.117. The molecule has 1 aromatic heterocycles. The van der Waals surface area contributed by atoms with Crippen LogP contribution in [-0.4, -0.2) is 42.2 Å². The van der Waals surface area contributed by atoms with Crippen LogP contribution in [0.15, 0.2) is 6.20 Å². The average molecular weight is 291 g/mol. The van der Waals surface area contributed by atoms with Gasteiger partial charge in [-0.3, -0.25) is 9.88 Å². The van der Waals surface area contributed by atoms with Crippen LogP contribution in [0.2, 0.25) is 0 Å². The molecule has 0 aromatic carbocycles. The summed E-state index contributed by atoms with van der Waals surface area (Å²) in [6, 6.07) is 0. The fourth-order valence-corrected chi connectivity index (χ4v) is 3.34. The van der Waals surface area contributed by atoms with Crippen LogP contribution in [-0.2, 0) is 6.54 Å². The van der Waals surface area contributed by atoms with Crippen molar-refractivity contribution in [2.24, 2.45) is 0 Å². The maximum absolute atomic E-state index is 5.52. The van der Waals surface area contributed by atoms with Gasteiger partial charge < -0.3 is 10.1 Å². The Kier molecular flexibility index (Phi) is 5.22. The molecule has 1 N–H and O–H groups in total. The second kappa shape index (κ2) is 6.75. The van der Waals surface area contributed by atoms with E-state index < -0.39 is 0 Å². The Hall–Kier alpha value is -1.13. The Morgan fingerprint density at radius 1 is 1.33 bits per heavy atom. The van der Waals surface area contributed by atoms with E-state index >= 15 is 0 Å². The quantitative estimate of drug-likeness (QED) is 0.905. The van der Waals surface area contributed by atoms with Crippen LogP contribution < -0.4 is 10.1 Å². The van der Waals surface area contributed by atoms with Crippen LogP contribution in [0.3, 0.4) is 0 Å². The van der Waals surface area contributed by atoms with Crippen molar-refractivity contribution in [3.05, 3.63) is 23.0 Å². The van der Waals surface area contributed by atoms with E-state index in [4.69, 9.17) is 4.74 Å². The van der Waals surface area contributed by atoms with Crippen LogP contribution in [0.5, 0.6) is 5.75 Å². The Morgan fingerprint density at radius 3 is 2.67 bits per heavy atom. The fourth-order valence-electron chi connectivity index (χ4n) is 3.34. The third kappa shape index (κ3) is 3.38. The van der Waals surface area contributed by atoms with Crippen molar-refractivity contribution in [1.82, 2.24) is 15.2 Å². The molecule has 1 aliphatic rings. The van der Waals surface area contributed by atoms with E-state index in [0.717, 1.165) is 43.2 Å². The lowest BCUT2D eigenvalue weighted by Gasteiger charge is -2.43. The second-order valence-electron chi connectivity index (χ2n) is 6.17. The molecule has 0 spiro atoms. The summed E-state index contributed by atoms with van der Waals surface area (Å²) in [5.74, 6) is 0.979. The zero-order chi connectivity index (χ0) is 15.5. The first kappa shape index (κ1) is 16.2. The lowest BCUT2D eigenvalue weighted by Crippen LogP contribution is -2.59. The number of aromatic nitrogens is 1. The first-order valence-electron chi connectivity index (χ1n) is 8.01. The highest BCUT2D eigenvalue weighted by Gasteiger charge is 2.32. The van der Waals surface area contributed by atoms with Crippen LogP contribution in [0.4, 0.5) is 0 Å². The first-order chi connectivity index (χ1) is 10.0. The average Bonchev–Trinajstić information content (AvgIpc) is 2.51. The monoisotopic (exact) mass is 291 g/mol. The Bertz CT molecular complexity index is 483. The highest BCUT2D eigenvalue weighted by Crippen LogP contribution is 2.26. The van der Waals surface area contributed by atoms with Crippen molar-refractivity contribution in [3.63, 3.8) is 0 Å². The van der Waals surface area contributed by atoms with Crippen molar-refractivity contribution in [1.29, 1.82) is 0 Å². The van der Waals surface area contributed by atoms with E-state index in [2.05, 4.69) is 36.0 Å². The topological polar surface area (TPSA) is 37.4 Å². The van der Waals surface area contributed by atoms with E-state index in [-0.39, 0.29) is 5.54 Å². The molecule has 4 nitrogen and oxygen atoms in total. The molecule has 0 aliphatic carbocycles. The van der Waals surface area contributed by atoms with Crippen molar-refractivity contribution in [2.45, 2.75) is 52.6 Å². The summed E-state index contributed by atoms with van der Waals surface area (Å²) < 4.78 is 5.52. The minimum absolute atomic E-state index is 0.265. The van der Waals surface area contributed by atoms with Gasteiger partial charge in [0, 0.05) is 49.0 Å². The van der Waals surface area contributed by atoms with Gasteiger partial charge in [0.25, 0.3) is 0 Å². The number of methoxy groups -OCH3 is 1. The summed E-state index contributed by atoms with van der Waals surface area (Å²) in [6.07, 6.45) is 4.27. The van der Waals surface area contributed by atoms with Gasteiger partial charge in [-0.2, -0.15) is 0 Å². The summed E-state index contributed by atoms with van der Waals surface area (Å²) in [5, 5.41) is 3.71. The van der Waals surface area contributed by atoms with Gasteiger partial charge in [-0.25, -0.2) is 0 Å². The molecule has 2 rings (SSSR count). The van der Waals surface area contributed by atoms with E-state index in [9.17, 15) is 0 Å². The number of aryl methyl sites for hydroxylation is 1. The van der Waals surface area contributed by atoms with Crippen molar-refractivity contribution in [3.8, 4) is 5.75 Å². The van der Waals surface area contributed by atoms with E-state index in [1.165, 1.54) is 18.4 Å². The van der Waals surface area contributed by atoms with Crippen molar-refractivity contribution in [2.75, 3.05) is 26.7 Å². The van der Waals surface area contributed by atoms with Gasteiger partial charge in [0.1, 0.15) is 5.75 Å². The van der Waals surface area contributed by atoms with Crippen molar-refractivity contribution < 1.29 is 4.74 Å². The predicted molar refractivity (Wildman–Crippen MR) is 86.9 cm³/mol. The summed E-state index contributed by atoms with van der Waals surface area (Å²) >= 11 is 0.